The van der Waals surface area contributed by atoms with E-state index >= 15 is 0 Å². The molecule has 0 aliphatic rings. The van der Waals surface area contributed by atoms with E-state index in [-0.39, 0.29) is 90.0 Å². The Labute approximate surface area is 89.2 Å². The van der Waals surface area contributed by atoms with Crippen LogP contribution in [0.2, 0.25) is 0 Å². The van der Waals surface area contributed by atoms with Crippen molar-refractivity contribution in [3.8, 4) is 0 Å². The Kier molecular flexibility index (Phi) is 1890. The number of hydrogen-bond donors (Lipinski definition) is 0. The second-order valence-electron chi connectivity index (χ2n) is 0. The van der Waals surface area contributed by atoms with E-state index in [0.717, 1.165) is 0 Å². The van der Waals surface area contributed by atoms with Crippen LogP contribution in [-0.4, -0.2) is 73.6 Å². The molecule has 0 amide bonds. The Hall–Kier alpha value is 2.05. The van der Waals surface area contributed by atoms with Gasteiger partial charge in [-0.05, 0) is 21.9 Å². The first-order chi connectivity index (χ1) is 0. The molecule has 0 radical (unpaired) electrons. The van der Waals surface area contributed by atoms with Crippen molar-refractivity contribution < 1.29 is 16.4 Å². The summed E-state index contributed by atoms with van der Waals surface area (Å²) in [5.74, 6) is 0. The zero-order valence-corrected chi connectivity index (χ0v) is 8.97. The normalized spacial score (nSPS) is 0. The van der Waals surface area contributed by atoms with Crippen LogP contribution in [0.4, 0.5) is 0 Å². The molecule has 0 aliphatic carbocycles. The minimum absolute atomic E-state index is 0. The third-order valence-corrected chi connectivity index (χ3v) is 0. The molecular formula is H8In2O3Si2. The first kappa shape index (κ1) is 139. The molecule has 7 heteroatoms. The Morgan fingerprint density at radius 2 is 0.429 bits per heavy atom. The Bertz CT molecular complexity index is 10.9. The van der Waals surface area contributed by atoms with Gasteiger partial charge in [0.05, 0.1) is 0 Å². The van der Waals surface area contributed by atoms with E-state index in [1.807, 2.05) is 0 Å². The van der Waals surface area contributed by atoms with Gasteiger partial charge in [0.15, 0.2) is 0 Å². The van der Waals surface area contributed by atoms with E-state index in [2.05, 4.69) is 0 Å². The van der Waals surface area contributed by atoms with Crippen LogP contribution in [0.3, 0.4) is 0 Å². The first-order valence-corrected chi connectivity index (χ1v) is 0. The molecular weight excluding hydrogens is 334 g/mol. The summed E-state index contributed by atoms with van der Waals surface area (Å²) in [5, 5.41) is 0. The molecule has 0 bridgehead atoms. The monoisotopic (exact) mass is 342 g/mol. The van der Waals surface area contributed by atoms with Crippen molar-refractivity contribution in [2.24, 2.45) is 0 Å². The van der Waals surface area contributed by atoms with Gasteiger partial charge in [0.1, 0.15) is 0 Å². The van der Waals surface area contributed by atoms with Gasteiger partial charge in [0, 0.05) is 0 Å². The van der Waals surface area contributed by atoms with Crippen LogP contribution in [0, 0.1) is 0 Å². The molecule has 40 valence electrons. The second kappa shape index (κ2) is 95.0. The molecule has 0 heterocycles. The fourth-order valence-electron chi connectivity index (χ4n) is 0. The number of hydrogen-bond acceptors (Lipinski definition) is 0. The summed E-state index contributed by atoms with van der Waals surface area (Å²) in [4.78, 5) is 0. The SMILES string of the molecule is [In+3].[In+3].[O-2].[O-2].[O-2].[SiH4].[SiH4]. The van der Waals surface area contributed by atoms with Gasteiger partial charge >= 0.3 is 51.7 Å². The summed E-state index contributed by atoms with van der Waals surface area (Å²) >= 11 is 0. The summed E-state index contributed by atoms with van der Waals surface area (Å²) in [6, 6.07) is 0. The topological polar surface area (TPSA) is 85.5 Å². The molecule has 0 aliphatic heterocycles. The van der Waals surface area contributed by atoms with Crippen LogP contribution in [-0.2, 0) is 16.4 Å². The molecule has 7 heavy (non-hydrogen) atoms. The molecule has 0 saturated carbocycles. The molecule has 0 aromatic carbocycles. The van der Waals surface area contributed by atoms with Crippen molar-refractivity contribution in [2.45, 2.75) is 0 Å². The van der Waals surface area contributed by atoms with Gasteiger partial charge in [-0.15, -0.1) is 0 Å². The third kappa shape index (κ3) is 70.0. The van der Waals surface area contributed by atoms with Crippen LogP contribution >= 0.6 is 0 Å². The summed E-state index contributed by atoms with van der Waals surface area (Å²) in [7, 11) is 0. The van der Waals surface area contributed by atoms with Crippen LogP contribution in [0.15, 0.2) is 0 Å². The maximum Gasteiger partial charge on any atom is 3.00 e. The molecule has 0 aromatic heterocycles. The molecule has 0 rings (SSSR count). The van der Waals surface area contributed by atoms with E-state index in [1.54, 1.807) is 0 Å². The van der Waals surface area contributed by atoms with Gasteiger partial charge in [-0.25, -0.2) is 0 Å². The smallest absolute Gasteiger partial charge is 2.00 e. The van der Waals surface area contributed by atoms with Crippen LogP contribution < -0.4 is 0 Å². The molecule has 0 fully saturated rings. The van der Waals surface area contributed by atoms with Crippen molar-refractivity contribution in [1.82, 2.24) is 0 Å². The van der Waals surface area contributed by atoms with Gasteiger partial charge in [-0.3, -0.25) is 0 Å². The minimum Gasteiger partial charge on any atom is -2.00 e. The molecule has 0 N–H and O–H groups in total. The summed E-state index contributed by atoms with van der Waals surface area (Å²) in [5.41, 5.74) is 0. The van der Waals surface area contributed by atoms with E-state index in [9.17, 15) is 0 Å². The molecule has 0 atom stereocenters. The zero-order chi connectivity index (χ0) is 0. The van der Waals surface area contributed by atoms with Crippen molar-refractivity contribution in [3.63, 3.8) is 0 Å². The second-order valence-corrected chi connectivity index (χ2v) is 0. The largest absolute Gasteiger partial charge is 3.00 e. The van der Waals surface area contributed by atoms with Crippen molar-refractivity contribution in [2.75, 3.05) is 0 Å². The average Bonchev–Trinajstić information content (AvgIpc) is 0. The van der Waals surface area contributed by atoms with Crippen molar-refractivity contribution >= 4 is 73.6 Å². The molecule has 0 aromatic rings. The Morgan fingerprint density at radius 3 is 0.429 bits per heavy atom. The molecule has 0 spiro atoms. The molecule has 0 saturated heterocycles. The summed E-state index contributed by atoms with van der Waals surface area (Å²) < 4.78 is 0. The minimum atomic E-state index is 0. The van der Waals surface area contributed by atoms with E-state index in [1.165, 1.54) is 0 Å². The van der Waals surface area contributed by atoms with Crippen molar-refractivity contribution in [1.29, 1.82) is 0 Å². The standard InChI is InChI=1S/2In.3O.2H4Si/h;;;;;2*1H4/q2*+3;3*-2;;. The summed E-state index contributed by atoms with van der Waals surface area (Å²) in [6.07, 6.45) is 0. The predicted molar refractivity (Wildman–Crippen MR) is 36.2 cm³/mol. The third-order valence-electron chi connectivity index (χ3n) is 0. The fraction of sp³-hybridized carbons (Fsp3) is 0. The maximum absolute atomic E-state index is 0. The Balaban J connectivity index is 0. The van der Waals surface area contributed by atoms with Gasteiger partial charge in [-0.2, -0.15) is 0 Å². The summed E-state index contributed by atoms with van der Waals surface area (Å²) in [6.45, 7) is 0. The van der Waals surface area contributed by atoms with E-state index < -0.39 is 0 Å². The molecule has 0 unspecified atom stereocenters. The van der Waals surface area contributed by atoms with Crippen LogP contribution in [0.5, 0.6) is 0 Å². The van der Waals surface area contributed by atoms with Gasteiger partial charge in [-0.1, -0.05) is 0 Å². The van der Waals surface area contributed by atoms with Gasteiger partial charge in [0.2, 0.25) is 0 Å². The van der Waals surface area contributed by atoms with Crippen LogP contribution in [0.1, 0.15) is 0 Å². The molecule has 3 nitrogen and oxygen atoms in total. The number of rotatable bonds is 0. The van der Waals surface area contributed by atoms with Crippen LogP contribution in [0.25, 0.3) is 0 Å². The zero-order valence-electron chi connectivity index (χ0n) is 2.38. The van der Waals surface area contributed by atoms with Gasteiger partial charge < -0.3 is 16.4 Å². The van der Waals surface area contributed by atoms with Gasteiger partial charge in [0.25, 0.3) is 0 Å². The quantitative estimate of drug-likeness (QED) is 0.402. The van der Waals surface area contributed by atoms with E-state index in [4.69, 9.17) is 0 Å². The Morgan fingerprint density at radius 1 is 0.429 bits per heavy atom. The first-order valence-electron chi connectivity index (χ1n) is 0. The van der Waals surface area contributed by atoms with E-state index in [0.29, 0.717) is 0 Å². The fourth-order valence-corrected chi connectivity index (χ4v) is 0. The predicted octanol–water partition coefficient (Wildman–Crippen LogP) is -4.02. The average molecular weight is 342 g/mol. The van der Waals surface area contributed by atoms with Crippen molar-refractivity contribution in [3.05, 3.63) is 0 Å². The maximum atomic E-state index is 0.